The van der Waals surface area contributed by atoms with Gasteiger partial charge in [0.05, 0.1) is 32.2 Å². The van der Waals surface area contributed by atoms with Crippen molar-refractivity contribution in [3.8, 4) is 11.5 Å². The van der Waals surface area contributed by atoms with Gasteiger partial charge >= 0.3 is 0 Å². The van der Waals surface area contributed by atoms with Crippen LogP contribution in [0.1, 0.15) is 0 Å². The molecule has 0 unspecified atom stereocenters. The Labute approximate surface area is 121 Å². The molecule has 1 aliphatic rings. The van der Waals surface area contributed by atoms with Crippen molar-refractivity contribution in [2.75, 3.05) is 38.4 Å². The average molecular weight is 295 g/mol. The summed E-state index contributed by atoms with van der Waals surface area (Å²) in [5.74, 6) is 1.45. The quantitative estimate of drug-likeness (QED) is 0.857. The molecular weight excluding hydrogens is 278 g/mol. The number of nitrogens with one attached hydrogen (secondary N) is 2. The zero-order valence-electron chi connectivity index (χ0n) is 11.4. The number of carbonyl (C=O) groups excluding carboxylic acids is 1. The van der Waals surface area contributed by atoms with E-state index < -0.39 is 0 Å². The van der Waals surface area contributed by atoms with Gasteiger partial charge in [-0.2, -0.15) is 0 Å². The number of nitrogens with zero attached hydrogens (tertiary/aromatic N) is 1. The topological polar surface area (TPSA) is 72.0 Å². The lowest BCUT2D eigenvalue weighted by molar-refractivity contribution is -0.113. The van der Waals surface area contributed by atoms with Crippen LogP contribution in [0.3, 0.4) is 0 Å². The number of carbonyl (C=O) groups is 1. The monoisotopic (exact) mass is 295 g/mol. The summed E-state index contributed by atoms with van der Waals surface area (Å²) in [6, 6.07) is 5.26. The molecule has 0 bridgehead atoms. The highest BCUT2D eigenvalue weighted by molar-refractivity contribution is 8.14. The van der Waals surface area contributed by atoms with E-state index in [2.05, 4.69) is 15.6 Å². The molecule has 0 spiro atoms. The number of amides is 1. The van der Waals surface area contributed by atoms with Gasteiger partial charge < -0.3 is 20.1 Å². The number of aliphatic imine (C=N–C) groups is 1. The normalized spacial score (nSPS) is 13.4. The van der Waals surface area contributed by atoms with Crippen LogP contribution in [-0.2, 0) is 4.79 Å². The largest absolute Gasteiger partial charge is 0.497 e. The lowest BCUT2D eigenvalue weighted by atomic mass is 10.2. The van der Waals surface area contributed by atoms with Crippen molar-refractivity contribution in [2.45, 2.75) is 0 Å². The minimum absolute atomic E-state index is 0.113. The zero-order valence-corrected chi connectivity index (χ0v) is 12.3. The number of amidine groups is 1. The van der Waals surface area contributed by atoms with Gasteiger partial charge in [0.25, 0.3) is 0 Å². The molecule has 6 nitrogen and oxygen atoms in total. The fourth-order valence-electron chi connectivity index (χ4n) is 1.70. The van der Waals surface area contributed by atoms with Gasteiger partial charge in [0.1, 0.15) is 11.5 Å². The lowest BCUT2D eigenvalue weighted by Gasteiger charge is -2.11. The van der Waals surface area contributed by atoms with Crippen molar-refractivity contribution in [1.82, 2.24) is 5.32 Å². The van der Waals surface area contributed by atoms with Crippen LogP contribution in [0.25, 0.3) is 0 Å². The summed E-state index contributed by atoms with van der Waals surface area (Å²) in [4.78, 5) is 16.1. The molecule has 2 rings (SSSR count). The number of anilines is 1. The highest BCUT2D eigenvalue weighted by Crippen LogP contribution is 2.28. The first-order valence-electron chi connectivity index (χ1n) is 6.16. The lowest BCUT2D eigenvalue weighted by Crippen LogP contribution is -2.20. The molecule has 7 heteroatoms. The molecule has 108 valence electrons. The zero-order chi connectivity index (χ0) is 14.4. The molecule has 0 aliphatic carbocycles. The summed E-state index contributed by atoms with van der Waals surface area (Å²) in [6.07, 6.45) is 0. The summed E-state index contributed by atoms with van der Waals surface area (Å²) in [5.41, 5.74) is 0.596. The second-order valence-corrected chi connectivity index (χ2v) is 4.98. The maximum atomic E-state index is 11.9. The standard InChI is InChI=1S/C13H17N3O3S/c1-18-9-3-4-11(19-2)10(7-9)16-12(17)8-20-13-14-5-6-15-13/h3-4,7H,5-6,8H2,1-2H3,(H,14,15)(H,16,17). The average Bonchev–Trinajstić information content (AvgIpc) is 2.98. The number of benzene rings is 1. The summed E-state index contributed by atoms with van der Waals surface area (Å²) < 4.78 is 10.3. The van der Waals surface area contributed by atoms with Gasteiger partial charge in [-0.25, -0.2) is 0 Å². The van der Waals surface area contributed by atoms with Gasteiger partial charge in [-0.1, -0.05) is 11.8 Å². The number of hydrogen-bond acceptors (Lipinski definition) is 6. The van der Waals surface area contributed by atoms with Gasteiger partial charge in [0, 0.05) is 12.6 Å². The van der Waals surface area contributed by atoms with Crippen LogP contribution in [-0.4, -0.2) is 44.1 Å². The second kappa shape index (κ2) is 7.04. The molecule has 1 aromatic rings. The van der Waals surface area contributed by atoms with Crippen molar-refractivity contribution in [3.63, 3.8) is 0 Å². The van der Waals surface area contributed by atoms with Crippen LogP contribution < -0.4 is 20.1 Å². The Morgan fingerprint density at radius 1 is 1.45 bits per heavy atom. The Kier molecular flexibility index (Phi) is 5.11. The summed E-state index contributed by atoms with van der Waals surface area (Å²) in [6.45, 7) is 1.61. The second-order valence-electron chi connectivity index (χ2n) is 4.02. The van der Waals surface area contributed by atoms with E-state index in [4.69, 9.17) is 9.47 Å². The first-order valence-corrected chi connectivity index (χ1v) is 7.14. The Bertz CT molecular complexity index is 520. The van der Waals surface area contributed by atoms with E-state index in [0.717, 1.165) is 18.3 Å². The highest BCUT2D eigenvalue weighted by Gasteiger charge is 2.12. The molecule has 1 heterocycles. The number of ether oxygens (including phenoxy) is 2. The minimum atomic E-state index is -0.113. The van der Waals surface area contributed by atoms with Crippen LogP contribution in [0.2, 0.25) is 0 Å². The van der Waals surface area contributed by atoms with Gasteiger partial charge in [0.15, 0.2) is 5.17 Å². The van der Waals surface area contributed by atoms with Crippen molar-refractivity contribution in [1.29, 1.82) is 0 Å². The van der Waals surface area contributed by atoms with E-state index in [1.807, 2.05) is 0 Å². The summed E-state index contributed by atoms with van der Waals surface area (Å²) in [7, 11) is 3.14. The first-order chi connectivity index (χ1) is 9.72. The molecular formula is C13H17N3O3S. The van der Waals surface area contributed by atoms with Crippen molar-refractivity contribution in [2.24, 2.45) is 4.99 Å². The molecule has 2 N–H and O–H groups in total. The van der Waals surface area contributed by atoms with Crippen LogP contribution in [0.5, 0.6) is 11.5 Å². The van der Waals surface area contributed by atoms with Crippen molar-refractivity contribution < 1.29 is 14.3 Å². The van der Waals surface area contributed by atoms with Gasteiger partial charge in [0.2, 0.25) is 5.91 Å². The Balaban J connectivity index is 1.95. The third-order valence-corrected chi connectivity index (χ3v) is 3.62. The van der Waals surface area contributed by atoms with E-state index >= 15 is 0 Å². The molecule has 0 radical (unpaired) electrons. The fourth-order valence-corrected chi connectivity index (χ4v) is 2.43. The maximum Gasteiger partial charge on any atom is 0.234 e. The van der Waals surface area contributed by atoms with Gasteiger partial charge in [-0.05, 0) is 12.1 Å². The Morgan fingerprint density at radius 2 is 2.30 bits per heavy atom. The fraction of sp³-hybridized carbons (Fsp3) is 0.385. The predicted molar refractivity (Wildman–Crippen MR) is 80.9 cm³/mol. The molecule has 0 saturated heterocycles. The number of methoxy groups -OCH3 is 2. The number of rotatable bonds is 5. The molecule has 1 aliphatic heterocycles. The first kappa shape index (κ1) is 14.5. The van der Waals surface area contributed by atoms with E-state index in [9.17, 15) is 4.79 Å². The molecule has 0 fully saturated rings. The van der Waals surface area contributed by atoms with Crippen LogP contribution in [0.4, 0.5) is 5.69 Å². The highest BCUT2D eigenvalue weighted by atomic mass is 32.2. The van der Waals surface area contributed by atoms with E-state index in [1.165, 1.54) is 11.8 Å². The molecule has 0 saturated carbocycles. The SMILES string of the molecule is COc1ccc(OC)c(NC(=O)CSC2=NCCN2)c1. The molecule has 1 amide bonds. The number of thioether (sulfide) groups is 1. The van der Waals surface area contributed by atoms with Gasteiger partial charge in [-0.3, -0.25) is 9.79 Å². The van der Waals surface area contributed by atoms with Gasteiger partial charge in [-0.15, -0.1) is 0 Å². The smallest absolute Gasteiger partial charge is 0.234 e. The molecule has 0 atom stereocenters. The third-order valence-electron chi connectivity index (χ3n) is 2.66. The van der Waals surface area contributed by atoms with E-state index in [1.54, 1.807) is 32.4 Å². The van der Waals surface area contributed by atoms with Crippen molar-refractivity contribution in [3.05, 3.63) is 18.2 Å². The molecule has 0 aromatic heterocycles. The number of hydrogen-bond donors (Lipinski definition) is 2. The van der Waals surface area contributed by atoms with Crippen LogP contribution in [0.15, 0.2) is 23.2 Å². The van der Waals surface area contributed by atoms with E-state index in [0.29, 0.717) is 22.9 Å². The van der Waals surface area contributed by atoms with Crippen LogP contribution in [0, 0.1) is 0 Å². The van der Waals surface area contributed by atoms with Crippen LogP contribution >= 0.6 is 11.8 Å². The Hall–Kier alpha value is -1.89. The predicted octanol–water partition coefficient (Wildman–Crippen LogP) is 1.33. The molecule has 1 aromatic carbocycles. The maximum absolute atomic E-state index is 11.9. The summed E-state index contributed by atoms with van der Waals surface area (Å²) >= 11 is 1.39. The van der Waals surface area contributed by atoms with Crippen molar-refractivity contribution >= 4 is 28.5 Å². The molecule has 20 heavy (non-hydrogen) atoms. The Morgan fingerprint density at radius 3 is 2.95 bits per heavy atom. The van der Waals surface area contributed by atoms with E-state index in [-0.39, 0.29) is 5.91 Å². The summed E-state index contributed by atoms with van der Waals surface area (Å²) in [5, 5.41) is 6.73. The minimum Gasteiger partial charge on any atom is -0.497 e. The third kappa shape index (κ3) is 3.80.